The van der Waals surface area contributed by atoms with Crippen LogP contribution in [0.4, 0.5) is 13.6 Å². The number of hydrogen-bond acceptors (Lipinski definition) is 5. The highest BCUT2D eigenvalue weighted by molar-refractivity contribution is 7.90. The molecule has 1 amide bonds. The number of halogens is 2. The first-order chi connectivity index (χ1) is 13.2. The summed E-state index contributed by atoms with van der Waals surface area (Å²) in [6.45, 7) is -0.439. The predicted molar refractivity (Wildman–Crippen MR) is 93.9 cm³/mol. The summed E-state index contributed by atoms with van der Waals surface area (Å²) in [7, 11) is -3.14. The molecule has 0 atom stereocenters. The standard InChI is InChI=1S/C17H14F2N4O4S/c1-22(17(24)25)9-11-10-23(28(26,27)12-4-2-6-20-8-12)15(14(11)18)13-5-3-7-21-16(13)19/h2-8,10H,9H2,1H3,(H,24,25). The number of rotatable bonds is 5. The Labute approximate surface area is 158 Å². The van der Waals surface area contributed by atoms with Crippen LogP contribution in [0.2, 0.25) is 0 Å². The van der Waals surface area contributed by atoms with E-state index in [1.165, 1.54) is 37.5 Å². The van der Waals surface area contributed by atoms with Gasteiger partial charge in [-0.05, 0) is 24.3 Å². The van der Waals surface area contributed by atoms with Gasteiger partial charge in [-0.15, -0.1) is 0 Å². The van der Waals surface area contributed by atoms with Crippen LogP contribution in [-0.4, -0.2) is 45.5 Å². The predicted octanol–water partition coefficient (Wildman–Crippen LogP) is 2.57. The van der Waals surface area contributed by atoms with Crippen LogP contribution >= 0.6 is 0 Å². The summed E-state index contributed by atoms with van der Waals surface area (Å²) in [4.78, 5) is 18.7. The van der Waals surface area contributed by atoms with Crippen molar-refractivity contribution >= 4 is 16.1 Å². The van der Waals surface area contributed by atoms with Gasteiger partial charge in [0, 0.05) is 37.4 Å². The van der Waals surface area contributed by atoms with Crippen molar-refractivity contribution in [2.24, 2.45) is 0 Å². The Morgan fingerprint density at radius 3 is 2.57 bits per heavy atom. The highest BCUT2D eigenvalue weighted by Crippen LogP contribution is 2.32. The molecule has 0 aliphatic heterocycles. The van der Waals surface area contributed by atoms with E-state index in [9.17, 15) is 17.6 Å². The van der Waals surface area contributed by atoms with Gasteiger partial charge in [0.2, 0.25) is 5.95 Å². The largest absolute Gasteiger partial charge is 0.465 e. The minimum absolute atomic E-state index is 0.240. The van der Waals surface area contributed by atoms with Crippen LogP contribution in [0.15, 0.2) is 53.9 Å². The number of carbonyl (C=O) groups is 1. The molecule has 0 aliphatic carbocycles. The van der Waals surface area contributed by atoms with Gasteiger partial charge in [-0.25, -0.2) is 26.6 Å². The van der Waals surface area contributed by atoms with Gasteiger partial charge in [0.15, 0.2) is 5.82 Å². The Balaban J connectivity index is 2.27. The molecule has 0 radical (unpaired) electrons. The van der Waals surface area contributed by atoms with Crippen LogP contribution in [-0.2, 0) is 16.6 Å². The fourth-order valence-corrected chi connectivity index (χ4v) is 3.90. The monoisotopic (exact) mass is 408 g/mol. The summed E-state index contributed by atoms with van der Waals surface area (Å²) < 4.78 is 55.9. The van der Waals surface area contributed by atoms with E-state index < -0.39 is 40.1 Å². The number of amides is 1. The van der Waals surface area contributed by atoms with Crippen molar-refractivity contribution in [3.63, 3.8) is 0 Å². The van der Waals surface area contributed by atoms with Crippen LogP contribution in [0.3, 0.4) is 0 Å². The number of pyridine rings is 2. The number of nitrogens with zero attached hydrogens (tertiary/aromatic N) is 4. The van der Waals surface area contributed by atoms with Crippen LogP contribution in [0.1, 0.15) is 5.56 Å². The fraction of sp³-hybridized carbons (Fsp3) is 0.118. The first-order valence-electron chi connectivity index (χ1n) is 7.83. The van der Waals surface area contributed by atoms with Crippen molar-refractivity contribution in [3.8, 4) is 11.3 Å². The van der Waals surface area contributed by atoms with Gasteiger partial charge in [-0.2, -0.15) is 4.39 Å². The highest BCUT2D eigenvalue weighted by Gasteiger charge is 2.29. The summed E-state index contributed by atoms with van der Waals surface area (Å²) in [6.07, 6.45) is 3.16. The maximum Gasteiger partial charge on any atom is 0.407 e. The molecule has 0 bridgehead atoms. The summed E-state index contributed by atoms with van der Waals surface area (Å²) >= 11 is 0. The molecular formula is C17H14F2N4O4S. The number of hydrogen-bond donors (Lipinski definition) is 1. The van der Waals surface area contributed by atoms with Crippen molar-refractivity contribution in [1.29, 1.82) is 0 Å². The smallest absolute Gasteiger partial charge is 0.407 e. The van der Waals surface area contributed by atoms with E-state index in [0.29, 0.717) is 3.97 Å². The lowest BCUT2D eigenvalue weighted by Gasteiger charge is -2.11. The first-order valence-corrected chi connectivity index (χ1v) is 9.27. The molecule has 3 aromatic heterocycles. The van der Waals surface area contributed by atoms with Crippen LogP contribution in [0.5, 0.6) is 0 Å². The Morgan fingerprint density at radius 2 is 1.96 bits per heavy atom. The van der Waals surface area contributed by atoms with Gasteiger partial charge >= 0.3 is 6.09 Å². The molecule has 8 nitrogen and oxygen atoms in total. The zero-order chi connectivity index (χ0) is 20.5. The summed E-state index contributed by atoms with van der Waals surface area (Å²) in [6, 6.07) is 5.15. The van der Waals surface area contributed by atoms with Crippen molar-refractivity contribution in [1.82, 2.24) is 18.8 Å². The third-order valence-corrected chi connectivity index (χ3v) is 5.57. The molecule has 0 spiro atoms. The molecule has 28 heavy (non-hydrogen) atoms. The lowest BCUT2D eigenvalue weighted by Crippen LogP contribution is -2.24. The molecule has 0 saturated carbocycles. The van der Waals surface area contributed by atoms with Gasteiger partial charge < -0.3 is 10.0 Å². The lowest BCUT2D eigenvalue weighted by molar-refractivity contribution is 0.153. The zero-order valence-corrected chi connectivity index (χ0v) is 15.3. The van der Waals surface area contributed by atoms with E-state index in [4.69, 9.17) is 5.11 Å². The highest BCUT2D eigenvalue weighted by atomic mass is 32.2. The quantitative estimate of drug-likeness (QED) is 0.651. The second-order valence-electron chi connectivity index (χ2n) is 5.79. The Kier molecular flexibility index (Phi) is 5.10. The van der Waals surface area contributed by atoms with Crippen LogP contribution < -0.4 is 0 Å². The normalized spacial score (nSPS) is 11.4. The lowest BCUT2D eigenvalue weighted by atomic mass is 10.2. The average molecular weight is 408 g/mol. The minimum atomic E-state index is -4.34. The molecule has 0 aliphatic rings. The summed E-state index contributed by atoms with van der Waals surface area (Å²) in [5, 5.41) is 9.01. The van der Waals surface area contributed by atoms with E-state index in [1.54, 1.807) is 0 Å². The van der Waals surface area contributed by atoms with Crippen LogP contribution in [0.25, 0.3) is 11.3 Å². The molecule has 3 aromatic rings. The van der Waals surface area contributed by atoms with Crippen molar-refractivity contribution in [2.45, 2.75) is 11.4 Å². The Morgan fingerprint density at radius 1 is 1.25 bits per heavy atom. The van der Waals surface area contributed by atoms with Crippen LogP contribution in [0, 0.1) is 11.8 Å². The van der Waals surface area contributed by atoms with E-state index in [2.05, 4.69) is 9.97 Å². The molecule has 0 aromatic carbocycles. The molecule has 0 fully saturated rings. The number of aromatic nitrogens is 3. The first kappa shape index (κ1) is 19.4. The fourth-order valence-electron chi connectivity index (χ4n) is 2.55. The third kappa shape index (κ3) is 3.43. The molecule has 1 N–H and O–H groups in total. The summed E-state index contributed by atoms with van der Waals surface area (Å²) in [5.74, 6) is -2.13. The maximum absolute atomic E-state index is 15.1. The Hall–Kier alpha value is -3.34. The molecule has 11 heteroatoms. The molecular weight excluding hydrogens is 394 g/mol. The second kappa shape index (κ2) is 7.35. The third-order valence-electron chi connectivity index (χ3n) is 3.92. The molecule has 3 rings (SSSR count). The van der Waals surface area contributed by atoms with Gasteiger partial charge in [0.05, 0.1) is 12.1 Å². The van der Waals surface area contributed by atoms with Gasteiger partial charge in [-0.3, -0.25) is 4.98 Å². The second-order valence-corrected chi connectivity index (χ2v) is 7.60. The van der Waals surface area contributed by atoms with Crippen molar-refractivity contribution in [2.75, 3.05) is 7.05 Å². The van der Waals surface area contributed by atoms with Gasteiger partial charge in [-0.1, -0.05) is 0 Å². The minimum Gasteiger partial charge on any atom is -0.465 e. The van der Waals surface area contributed by atoms with E-state index >= 15 is 4.39 Å². The molecule has 3 heterocycles. The van der Waals surface area contributed by atoms with E-state index in [1.807, 2.05) is 0 Å². The van der Waals surface area contributed by atoms with Crippen molar-refractivity contribution < 1.29 is 27.1 Å². The SMILES string of the molecule is CN(Cc1cn(S(=O)(=O)c2cccnc2)c(-c2cccnc2F)c1F)C(=O)O. The van der Waals surface area contributed by atoms with Gasteiger partial charge in [0.1, 0.15) is 10.6 Å². The summed E-state index contributed by atoms with van der Waals surface area (Å²) in [5.41, 5.74) is -1.20. The molecule has 0 unspecified atom stereocenters. The van der Waals surface area contributed by atoms with Crippen molar-refractivity contribution in [3.05, 3.63) is 66.4 Å². The maximum atomic E-state index is 15.1. The molecule has 0 saturated heterocycles. The van der Waals surface area contributed by atoms with E-state index in [0.717, 1.165) is 23.5 Å². The van der Waals surface area contributed by atoms with E-state index in [-0.39, 0.29) is 16.0 Å². The topological polar surface area (TPSA) is 105 Å². The van der Waals surface area contributed by atoms with Gasteiger partial charge in [0.25, 0.3) is 10.0 Å². The molecule has 146 valence electrons. The number of carboxylic acid groups (broad SMARTS) is 1. The average Bonchev–Trinajstić information content (AvgIpc) is 3.00. The zero-order valence-electron chi connectivity index (χ0n) is 14.5. The Bertz CT molecular complexity index is 1130.